The van der Waals surface area contributed by atoms with Crippen molar-refractivity contribution in [2.45, 2.75) is 45.1 Å². The van der Waals surface area contributed by atoms with Gasteiger partial charge in [0.15, 0.2) is 0 Å². The molecule has 2 aromatic rings. The molecule has 1 atom stereocenters. The summed E-state index contributed by atoms with van der Waals surface area (Å²) in [4.78, 5) is 22.0. The molecule has 0 N–H and O–H groups in total. The lowest BCUT2D eigenvalue weighted by molar-refractivity contribution is -0.133. The van der Waals surface area contributed by atoms with Crippen LogP contribution in [0, 0.1) is 6.92 Å². The number of hydrogen-bond acceptors (Lipinski definition) is 4. The quantitative estimate of drug-likeness (QED) is 0.844. The molecule has 1 fully saturated rings. The lowest BCUT2D eigenvalue weighted by Crippen LogP contribution is -2.49. The van der Waals surface area contributed by atoms with Crippen LogP contribution in [0.2, 0.25) is 0 Å². The van der Waals surface area contributed by atoms with Gasteiger partial charge in [0.25, 0.3) is 0 Å². The van der Waals surface area contributed by atoms with Crippen molar-refractivity contribution in [3.63, 3.8) is 0 Å². The van der Waals surface area contributed by atoms with Gasteiger partial charge in [-0.25, -0.2) is 4.98 Å². The molecule has 25 heavy (non-hydrogen) atoms. The maximum Gasteiger partial charge on any atom is 0.244 e. The molecule has 0 spiro atoms. The lowest BCUT2D eigenvalue weighted by atomic mass is 9.97. The second-order valence-electron chi connectivity index (χ2n) is 7.17. The van der Waals surface area contributed by atoms with E-state index in [1.54, 1.807) is 11.3 Å². The molecule has 5 heteroatoms. The number of aromatic nitrogens is 1. The summed E-state index contributed by atoms with van der Waals surface area (Å²) in [5, 5.41) is 3.37. The minimum Gasteiger partial charge on any atom is -0.359 e. The highest BCUT2D eigenvalue weighted by Gasteiger charge is 2.32. The summed E-state index contributed by atoms with van der Waals surface area (Å²) in [7, 11) is 0. The Morgan fingerprint density at radius 1 is 1.24 bits per heavy atom. The van der Waals surface area contributed by atoms with E-state index in [-0.39, 0.29) is 11.9 Å². The first kappa shape index (κ1) is 16.6. The fourth-order valence-corrected chi connectivity index (χ4v) is 5.04. The smallest absolute Gasteiger partial charge is 0.244 e. The molecule has 0 radical (unpaired) electrons. The molecule has 132 valence electrons. The van der Waals surface area contributed by atoms with Crippen molar-refractivity contribution in [1.82, 2.24) is 9.88 Å². The van der Waals surface area contributed by atoms with E-state index >= 15 is 0 Å². The number of likely N-dealkylation sites (tertiary alicyclic amines) is 1. The zero-order valence-corrected chi connectivity index (χ0v) is 15.8. The number of carbonyl (C=O) groups is 1. The Morgan fingerprint density at radius 2 is 2.00 bits per heavy atom. The number of aryl methyl sites for hydroxylation is 1. The number of thiazole rings is 1. The van der Waals surface area contributed by atoms with Crippen LogP contribution < -0.4 is 4.90 Å². The molecular formula is C20H25N3OS. The number of hydrogen-bond donors (Lipinski definition) is 0. The van der Waals surface area contributed by atoms with Gasteiger partial charge in [0, 0.05) is 42.3 Å². The molecule has 0 saturated carbocycles. The first-order valence-corrected chi connectivity index (χ1v) is 10.1. The van der Waals surface area contributed by atoms with Crippen molar-refractivity contribution in [1.29, 1.82) is 0 Å². The van der Waals surface area contributed by atoms with Crippen molar-refractivity contribution in [2.24, 2.45) is 0 Å². The maximum atomic E-state index is 13.0. The Kier molecular flexibility index (Phi) is 4.50. The summed E-state index contributed by atoms with van der Waals surface area (Å²) >= 11 is 1.76. The van der Waals surface area contributed by atoms with E-state index < -0.39 is 0 Å². The highest BCUT2D eigenvalue weighted by Crippen LogP contribution is 2.32. The number of anilines is 1. The van der Waals surface area contributed by atoms with E-state index in [1.807, 2.05) is 6.92 Å². The number of para-hydroxylation sites is 1. The topological polar surface area (TPSA) is 36.4 Å². The van der Waals surface area contributed by atoms with E-state index in [0.29, 0.717) is 5.92 Å². The van der Waals surface area contributed by atoms with Gasteiger partial charge in [-0.1, -0.05) is 18.2 Å². The van der Waals surface area contributed by atoms with E-state index in [4.69, 9.17) is 0 Å². The zero-order chi connectivity index (χ0) is 17.4. The molecule has 1 amide bonds. The van der Waals surface area contributed by atoms with Crippen molar-refractivity contribution in [3.05, 3.63) is 45.9 Å². The first-order chi connectivity index (χ1) is 12.1. The SMILES string of the molecule is Cc1csc(C2CCN(C(=O)C(C)N3CCc4ccccc43)CC2)n1. The summed E-state index contributed by atoms with van der Waals surface area (Å²) in [5.41, 5.74) is 3.70. The summed E-state index contributed by atoms with van der Waals surface area (Å²) in [6.07, 6.45) is 3.10. The standard InChI is InChI=1S/C20H25N3OS/c1-14-13-25-19(21-14)17-7-10-22(11-8-17)20(24)15(2)23-12-9-16-5-3-4-6-18(16)23/h3-6,13,15,17H,7-12H2,1-2H3. The average Bonchev–Trinajstić information content (AvgIpc) is 3.27. The van der Waals surface area contributed by atoms with Crippen molar-refractivity contribution in [3.8, 4) is 0 Å². The van der Waals surface area contributed by atoms with Crippen LogP contribution in [-0.4, -0.2) is 41.5 Å². The third kappa shape index (κ3) is 3.17. The lowest BCUT2D eigenvalue weighted by Gasteiger charge is -2.36. The van der Waals surface area contributed by atoms with Gasteiger partial charge in [-0.15, -0.1) is 11.3 Å². The van der Waals surface area contributed by atoms with Gasteiger partial charge < -0.3 is 9.80 Å². The number of piperidine rings is 1. The van der Waals surface area contributed by atoms with Crippen LogP contribution in [0.25, 0.3) is 0 Å². The van der Waals surface area contributed by atoms with E-state index in [0.717, 1.165) is 44.6 Å². The van der Waals surface area contributed by atoms with Crippen molar-refractivity contribution in [2.75, 3.05) is 24.5 Å². The van der Waals surface area contributed by atoms with Crippen LogP contribution in [0.15, 0.2) is 29.6 Å². The molecule has 1 saturated heterocycles. The molecule has 2 aliphatic rings. The summed E-state index contributed by atoms with van der Waals surface area (Å²) in [5.74, 6) is 0.788. The predicted octanol–water partition coefficient (Wildman–Crippen LogP) is 3.61. The fourth-order valence-electron chi connectivity index (χ4n) is 4.07. The monoisotopic (exact) mass is 355 g/mol. The third-order valence-corrected chi connectivity index (χ3v) is 6.67. The van der Waals surface area contributed by atoms with Crippen LogP contribution in [-0.2, 0) is 11.2 Å². The van der Waals surface area contributed by atoms with Crippen molar-refractivity contribution < 1.29 is 4.79 Å². The minimum atomic E-state index is -0.0812. The molecular weight excluding hydrogens is 330 g/mol. The molecule has 0 aliphatic carbocycles. The number of benzene rings is 1. The van der Waals surface area contributed by atoms with Crippen LogP contribution in [0.3, 0.4) is 0 Å². The van der Waals surface area contributed by atoms with E-state index in [1.165, 1.54) is 16.3 Å². The third-order valence-electron chi connectivity index (χ3n) is 5.54. The Hall–Kier alpha value is -1.88. The molecule has 0 bridgehead atoms. The van der Waals surface area contributed by atoms with E-state index in [9.17, 15) is 4.79 Å². The van der Waals surface area contributed by atoms with Crippen LogP contribution >= 0.6 is 11.3 Å². The van der Waals surface area contributed by atoms with Gasteiger partial charge in [-0.05, 0) is 44.7 Å². The Bertz CT molecular complexity index is 764. The Labute approximate surface area is 153 Å². The van der Waals surface area contributed by atoms with Crippen LogP contribution in [0.4, 0.5) is 5.69 Å². The zero-order valence-electron chi connectivity index (χ0n) is 14.9. The van der Waals surface area contributed by atoms with E-state index in [2.05, 4.69) is 51.4 Å². The predicted molar refractivity (Wildman–Crippen MR) is 102 cm³/mol. The maximum absolute atomic E-state index is 13.0. The number of amides is 1. The van der Waals surface area contributed by atoms with Gasteiger partial charge in [0.1, 0.15) is 6.04 Å². The second kappa shape index (κ2) is 6.79. The molecule has 3 heterocycles. The first-order valence-electron chi connectivity index (χ1n) is 9.19. The molecule has 1 unspecified atom stereocenters. The summed E-state index contributed by atoms with van der Waals surface area (Å²) in [6.45, 7) is 6.75. The number of fused-ring (bicyclic) bond motifs is 1. The second-order valence-corrected chi connectivity index (χ2v) is 8.06. The fraction of sp³-hybridized carbons (Fsp3) is 0.500. The highest BCUT2D eigenvalue weighted by atomic mass is 32.1. The van der Waals surface area contributed by atoms with Gasteiger partial charge in [-0.3, -0.25) is 4.79 Å². The Balaban J connectivity index is 1.39. The molecule has 4 rings (SSSR count). The largest absolute Gasteiger partial charge is 0.359 e. The molecule has 4 nitrogen and oxygen atoms in total. The van der Waals surface area contributed by atoms with Crippen LogP contribution in [0.1, 0.15) is 41.9 Å². The molecule has 2 aliphatic heterocycles. The normalized spacial score (nSPS) is 19.1. The minimum absolute atomic E-state index is 0.0812. The number of rotatable bonds is 3. The molecule has 1 aromatic carbocycles. The summed E-state index contributed by atoms with van der Waals surface area (Å²) < 4.78 is 0. The highest BCUT2D eigenvalue weighted by molar-refractivity contribution is 7.09. The van der Waals surface area contributed by atoms with Crippen molar-refractivity contribution >= 4 is 22.9 Å². The van der Waals surface area contributed by atoms with Gasteiger partial charge in [-0.2, -0.15) is 0 Å². The number of carbonyl (C=O) groups excluding carboxylic acids is 1. The van der Waals surface area contributed by atoms with Gasteiger partial charge in [0.2, 0.25) is 5.91 Å². The Morgan fingerprint density at radius 3 is 2.72 bits per heavy atom. The summed E-state index contributed by atoms with van der Waals surface area (Å²) in [6, 6.07) is 8.38. The van der Waals surface area contributed by atoms with Gasteiger partial charge in [0.05, 0.1) is 5.01 Å². The van der Waals surface area contributed by atoms with Crippen LogP contribution in [0.5, 0.6) is 0 Å². The average molecular weight is 356 g/mol. The number of nitrogens with zero attached hydrogens (tertiary/aromatic N) is 3. The van der Waals surface area contributed by atoms with Gasteiger partial charge >= 0.3 is 0 Å². The molecule has 1 aromatic heterocycles.